The molecule has 8 heteroatoms. The number of amides is 2. The van der Waals surface area contributed by atoms with Crippen LogP contribution in [0.15, 0.2) is 0 Å². The van der Waals surface area contributed by atoms with Crippen molar-refractivity contribution in [1.29, 1.82) is 0 Å². The minimum absolute atomic E-state index is 0.0477. The molecule has 138 valence electrons. The van der Waals surface area contributed by atoms with Gasteiger partial charge in [-0.05, 0) is 25.3 Å². The summed E-state index contributed by atoms with van der Waals surface area (Å²) in [5.74, 6) is 2.20. The van der Waals surface area contributed by atoms with Crippen LogP contribution in [0.5, 0.6) is 0 Å². The van der Waals surface area contributed by atoms with Gasteiger partial charge in [0, 0.05) is 26.1 Å². The third-order valence-corrected chi connectivity index (χ3v) is 4.94. The van der Waals surface area contributed by atoms with E-state index >= 15 is 0 Å². The van der Waals surface area contributed by atoms with Gasteiger partial charge in [-0.3, -0.25) is 14.5 Å². The van der Waals surface area contributed by atoms with E-state index in [0.29, 0.717) is 19.0 Å². The lowest BCUT2D eigenvalue weighted by molar-refractivity contribution is -0.134. The average molecular weight is 348 g/mol. The molecule has 2 aliphatic heterocycles. The van der Waals surface area contributed by atoms with Crippen molar-refractivity contribution in [1.82, 2.24) is 30.3 Å². The van der Waals surface area contributed by atoms with Crippen LogP contribution in [0.1, 0.15) is 44.8 Å². The maximum atomic E-state index is 12.4. The lowest BCUT2D eigenvalue weighted by atomic mass is 10.1. The van der Waals surface area contributed by atoms with E-state index in [2.05, 4.69) is 44.1 Å². The SMILES string of the molecule is CC(C)CCN1CCNC(=O)[C@H]1CC(=O)NCc1nnc2n1CCC2. The fraction of sp³-hybridized carbons (Fsp3) is 0.765. The molecule has 1 fully saturated rings. The number of nitrogens with zero attached hydrogens (tertiary/aromatic N) is 4. The van der Waals surface area contributed by atoms with Gasteiger partial charge in [-0.1, -0.05) is 13.8 Å². The summed E-state index contributed by atoms with van der Waals surface area (Å²) in [5.41, 5.74) is 0. The highest BCUT2D eigenvalue weighted by atomic mass is 16.2. The standard InChI is InChI=1S/C17H28N6O2/c1-12(2)5-8-22-9-6-18-17(25)13(22)10-16(24)19-11-15-21-20-14-4-3-7-23(14)15/h12-13H,3-11H2,1-2H3,(H,18,25)(H,19,24)/t13-/m1/s1. The molecule has 1 saturated heterocycles. The molecule has 0 bridgehead atoms. The molecule has 3 heterocycles. The topological polar surface area (TPSA) is 92.2 Å². The molecule has 0 aliphatic carbocycles. The van der Waals surface area contributed by atoms with Gasteiger partial charge >= 0.3 is 0 Å². The van der Waals surface area contributed by atoms with Gasteiger partial charge in [0.1, 0.15) is 5.82 Å². The van der Waals surface area contributed by atoms with E-state index in [4.69, 9.17) is 0 Å². The Hall–Kier alpha value is -1.96. The molecular formula is C17H28N6O2. The van der Waals surface area contributed by atoms with Crippen LogP contribution in [-0.2, 0) is 29.1 Å². The van der Waals surface area contributed by atoms with Crippen molar-refractivity contribution in [2.45, 2.75) is 58.7 Å². The number of hydrogen-bond donors (Lipinski definition) is 2. The van der Waals surface area contributed by atoms with E-state index < -0.39 is 0 Å². The molecule has 0 aromatic carbocycles. The summed E-state index contributed by atoms with van der Waals surface area (Å²) in [6.45, 7) is 7.93. The van der Waals surface area contributed by atoms with E-state index in [1.54, 1.807) is 0 Å². The largest absolute Gasteiger partial charge is 0.353 e. The Morgan fingerprint density at radius 1 is 1.36 bits per heavy atom. The van der Waals surface area contributed by atoms with Gasteiger partial charge in [-0.25, -0.2) is 0 Å². The first-order valence-electron chi connectivity index (χ1n) is 9.24. The first-order chi connectivity index (χ1) is 12.0. The van der Waals surface area contributed by atoms with E-state index in [-0.39, 0.29) is 24.3 Å². The number of fused-ring (bicyclic) bond motifs is 1. The van der Waals surface area contributed by atoms with Gasteiger partial charge in [-0.2, -0.15) is 0 Å². The highest BCUT2D eigenvalue weighted by Gasteiger charge is 2.31. The van der Waals surface area contributed by atoms with Crippen molar-refractivity contribution in [3.8, 4) is 0 Å². The third-order valence-electron chi connectivity index (χ3n) is 4.94. The number of hydrogen-bond acceptors (Lipinski definition) is 5. The number of piperazine rings is 1. The summed E-state index contributed by atoms with van der Waals surface area (Å²) in [5, 5.41) is 14.1. The van der Waals surface area contributed by atoms with Crippen molar-refractivity contribution >= 4 is 11.8 Å². The number of rotatable bonds is 7. The van der Waals surface area contributed by atoms with Crippen LogP contribution in [0.4, 0.5) is 0 Å². The Kier molecular flexibility index (Phi) is 5.67. The van der Waals surface area contributed by atoms with E-state index in [9.17, 15) is 9.59 Å². The number of nitrogens with one attached hydrogen (secondary N) is 2. The molecule has 0 unspecified atom stereocenters. The first-order valence-corrected chi connectivity index (χ1v) is 9.24. The molecule has 25 heavy (non-hydrogen) atoms. The zero-order chi connectivity index (χ0) is 17.8. The summed E-state index contributed by atoms with van der Waals surface area (Å²) in [6.07, 6.45) is 3.25. The lowest BCUT2D eigenvalue weighted by Crippen LogP contribution is -2.56. The van der Waals surface area contributed by atoms with Crippen molar-refractivity contribution in [2.75, 3.05) is 19.6 Å². The fourth-order valence-corrected chi connectivity index (χ4v) is 3.44. The van der Waals surface area contributed by atoms with E-state index in [1.807, 2.05) is 0 Å². The van der Waals surface area contributed by atoms with E-state index in [0.717, 1.165) is 50.5 Å². The van der Waals surface area contributed by atoms with Crippen LogP contribution < -0.4 is 10.6 Å². The summed E-state index contributed by atoms with van der Waals surface area (Å²) in [6, 6.07) is -0.378. The maximum Gasteiger partial charge on any atom is 0.237 e. The summed E-state index contributed by atoms with van der Waals surface area (Å²) >= 11 is 0. The van der Waals surface area contributed by atoms with E-state index in [1.165, 1.54) is 0 Å². The van der Waals surface area contributed by atoms with Crippen LogP contribution in [0.3, 0.4) is 0 Å². The Morgan fingerprint density at radius 2 is 2.20 bits per heavy atom. The quantitative estimate of drug-likeness (QED) is 0.728. The summed E-state index contributed by atoms with van der Waals surface area (Å²) < 4.78 is 2.07. The molecule has 2 N–H and O–H groups in total. The van der Waals surface area contributed by atoms with Gasteiger partial charge in [0.25, 0.3) is 0 Å². The number of aromatic nitrogens is 3. The summed E-state index contributed by atoms with van der Waals surface area (Å²) in [4.78, 5) is 26.7. The van der Waals surface area contributed by atoms with Crippen molar-refractivity contribution in [3.63, 3.8) is 0 Å². The molecule has 2 aliphatic rings. The number of carbonyl (C=O) groups is 2. The van der Waals surface area contributed by atoms with Crippen LogP contribution in [0.25, 0.3) is 0 Å². The second-order valence-corrected chi connectivity index (χ2v) is 7.29. The van der Waals surface area contributed by atoms with Gasteiger partial charge in [0.2, 0.25) is 11.8 Å². The predicted molar refractivity (Wildman–Crippen MR) is 92.6 cm³/mol. The van der Waals surface area contributed by atoms with Crippen molar-refractivity contribution in [2.24, 2.45) is 5.92 Å². The maximum absolute atomic E-state index is 12.4. The minimum Gasteiger partial charge on any atom is -0.353 e. The Bertz CT molecular complexity index is 627. The normalized spacial score (nSPS) is 20.6. The van der Waals surface area contributed by atoms with Crippen LogP contribution in [0.2, 0.25) is 0 Å². The first kappa shape index (κ1) is 17.8. The number of carbonyl (C=O) groups excluding carboxylic acids is 2. The monoisotopic (exact) mass is 348 g/mol. The van der Waals surface area contributed by atoms with Crippen LogP contribution in [-0.4, -0.2) is 57.2 Å². The molecule has 3 rings (SSSR count). The molecule has 2 amide bonds. The second-order valence-electron chi connectivity index (χ2n) is 7.29. The van der Waals surface area contributed by atoms with Gasteiger partial charge in [0.15, 0.2) is 5.82 Å². The second kappa shape index (κ2) is 7.95. The molecule has 1 aromatic heterocycles. The van der Waals surface area contributed by atoms with Crippen LogP contribution >= 0.6 is 0 Å². The number of aryl methyl sites for hydroxylation is 1. The van der Waals surface area contributed by atoms with Gasteiger partial charge in [0.05, 0.1) is 19.0 Å². The lowest BCUT2D eigenvalue weighted by Gasteiger charge is -2.35. The Labute approximate surface area is 148 Å². The van der Waals surface area contributed by atoms with Crippen molar-refractivity contribution < 1.29 is 9.59 Å². The molecule has 8 nitrogen and oxygen atoms in total. The Morgan fingerprint density at radius 3 is 3.00 bits per heavy atom. The fourth-order valence-electron chi connectivity index (χ4n) is 3.44. The molecular weight excluding hydrogens is 320 g/mol. The molecule has 1 aromatic rings. The molecule has 0 radical (unpaired) electrons. The van der Waals surface area contributed by atoms with Gasteiger partial charge in [-0.15, -0.1) is 10.2 Å². The summed E-state index contributed by atoms with van der Waals surface area (Å²) in [7, 11) is 0. The van der Waals surface area contributed by atoms with Gasteiger partial charge < -0.3 is 15.2 Å². The molecule has 1 atom stereocenters. The third kappa shape index (κ3) is 4.36. The smallest absolute Gasteiger partial charge is 0.237 e. The predicted octanol–water partition coefficient (Wildman–Crippen LogP) is 0.0771. The average Bonchev–Trinajstić information content (AvgIpc) is 3.17. The minimum atomic E-state index is -0.378. The highest BCUT2D eigenvalue weighted by molar-refractivity contribution is 5.88. The highest BCUT2D eigenvalue weighted by Crippen LogP contribution is 2.14. The zero-order valence-electron chi connectivity index (χ0n) is 15.1. The zero-order valence-corrected chi connectivity index (χ0v) is 15.1. The molecule has 0 saturated carbocycles. The van der Waals surface area contributed by atoms with Crippen molar-refractivity contribution in [3.05, 3.63) is 11.6 Å². The molecule has 0 spiro atoms. The Balaban J connectivity index is 1.53. The van der Waals surface area contributed by atoms with Crippen LogP contribution in [0, 0.1) is 5.92 Å².